The van der Waals surface area contributed by atoms with E-state index in [0.29, 0.717) is 13.2 Å². The monoisotopic (exact) mass is 222 g/mol. The molecule has 0 amide bonds. The van der Waals surface area contributed by atoms with Crippen LogP contribution >= 0.6 is 7.82 Å². The number of hydrogen-bond acceptors (Lipinski definition) is 6. The van der Waals surface area contributed by atoms with Crippen LogP contribution < -0.4 is 0 Å². The van der Waals surface area contributed by atoms with E-state index in [4.69, 9.17) is 13.8 Å². The van der Waals surface area contributed by atoms with Gasteiger partial charge in [0, 0.05) is 6.08 Å². The van der Waals surface area contributed by atoms with Crippen molar-refractivity contribution in [3.8, 4) is 0 Å². The van der Waals surface area contributed by atoms with E-state index in [2.05, 4.69) is 11.1 Å². The van der Waals surface area contributed by atoms with Crippen molar-refractivity contribution in [1.29, 1.82) is 0 Å². The van der Waals surface area contributed by atoms with Crippen LogP contribution in [0.25, 0.3) is 0 Å². The summed E-state index contributed by atoms with van der Waals surface area (Å²) in [6, 6.07) is 0. The van der Waals surface area contributed by atoms with Crippen molar-refractivity contribution < 1.29 is 27.7 Å². The number of hydrogen-bond donors (Lipinski definition) is 0. The van der Waals surface area contributed by atoms with Crippen molar-refractivity contribution in [2.24, 2.45) is 0 Å². The van der Waals surface area contributed by atoms with Crippen LogP contribution in [0.15, 0.2) is 12.7 Å². The highest BCUT2D eigenvalue weighted by atomic mass is 31.2. The molecule has 0 radical (unpaired) electrons. The van der Waals surface area contributed by atoms with E-state index in [1.54, 1.807) is 0 Å². The zero-order valence-corrected chi connectivity index (χ0v) is 8.40. The van der Waals surface area contributed by atoms with Gasteiger partial charge in [0.15, 0.2) is 0 Å². The summed E-state index contributed by atoms with van der Waals surface area (Å²) in [6.45, 7) is 3.86. The second-order valence-corrected chi connectivity index (χ2v) is 3.93. The Morgan fingerprint density at radius 2 is 1.86 bits per heavy atom. The molecule has 0 unspecified atom stereocenters. The van der Waals surface area contributed by atoms with Crippen LogP contribution in [0.3, 0.4) is 0 Å². The first-order valence-electron chi connectivity index (χ1n) is 3.99. The molecule has 0 aromatic carbocycles. The van der Waals surface area contributed by atoms with Crippen LogP contribution in [0.5, 0.6) is 0 Å². The van der Waals surface area contributed by atoms with E-state index in [-0.39, 0.29) is 13.2 Å². The predicted molar refractivity (Wildman–Crippen MR) is 46.6 cm³/mol. The van der Waals surface area contributed by atoms with E-state index >= 15 is 0 Å². The summed E-state index contributed by atoms with van der Waals surface area (Å²) < 4.78 is 30.5. The summed E-state index contributed by atoms with van der Waals surface area (Å²) in [5.74, 6) is -0.838. The minimum atomic E-state index is -3.76. The molecule has 0 saturated carbocycles. The lowest BCUT2D eigenvalue weighted by molar-refractivity contribution is -0.131. The fourth-order valence-corrected chi connectivity index (χ4v) is 1.83. The van der Waals surface area contributed by atoms with E-state index in [9.17, 15) is 9.36 Å². The number of carbonyl (C=O) groups is 1. The Morgan fingerprint density at radius 3 is 2.36 bits per heavy atom. The Kier molecular flexibility index (Phi) is 4.28. The van der Waals surface area contributed by atoms with Crippen LogP contribution in [-0.2, 0) is 27.7 Å². The minimum Gasteiger partial charge on any atom is -0.377 e. The first-order valence-corrected chi connectivity index (χ1v) is 5.45. The molecule has 0 aliphatic carbocycles. The average molecular weight is 222 g/mol. The van der Waals surface area contributed by atoms with Gasteiger partial charge in [0.2, 0.25) is 0 Å². The van der Waals surface area contributed by atoms with Crippen molar-refractivity contribution in [2.75, 3.05) is 26.4 Å². The van der Waals surface area contributed by atoms with Gasteiger partial charge in [-0.2, -0.15) is 0 Å². The fourth-order valence-electron chi connectivity index (χ4n) is 0.755. The smallest absolute Gasteiger partial charge is 0.377 e. The number of phosphoric ester groups is 1. The molecule has 0 spiro atoms. The Balaban J connectivity index is 2.55. The van der Waals surface area contributed by atoms with Gasteiger partial charge in [-0.05, 0) is 0 Å². The van der Waals surface area contributed by atoms with E-state index < -0.39 is 13.8 Å². The van der Waals surface area contributed by atoms with E-state index in [0.717, 1.165) is 6.08 Å². The SMILES string of the molecule is C=CC(=O)OP1(=O)OCCOCCO1. The van der Waals surface area contributed by atoms with Gasteiger partial charge in [0.05, 0.1) is 26.4 Å². The largest absolute Gasteiger partial charge is 0.532 e. The molecule has 1 rings (SSSR count). The molecule has 1 saturated heterocycles. The summed E-state index contributed by atoms with van der Waals surface area (Å²) in [5, 5.41) is 0. The maximum atomic E-state index is 11.6. The molecule has 1 fully saturated rings. The van der Waals surface area contributed by atoms with Crippen LogP contribution in [0.4, 0.5) is 0 Å². The van der Waals surface area contributed by atoms with Crippen LogP contribution in [0.2, 0.25) is 0 Å². The Morgan fingerprint density at radius 1 is 1.29 bits per heavy atom. The van der Waals surface area contributed by atoms with Gasteiger partial charge >= 0.3 is 13.8 Å². The third-order valence-electron chi connectivity index (χ3n) is 1.32. The first kappa shape index (κ1) is 11.4. The second-order valence-electron chi connectivity index (χ2n) is 2.34. The summed E-state index contributed by atoms with van der Waals surface area (Å²) in [4.78, 5) is 10.8. The van der Waals surface area contributed by atoms with Gasteiger partial charge < -0.3 is 9.26 Å². The number of rotatable bonds is 2. The zero-order chi connectivity index (χ0) is 10.4. The summed E-state index contributed by atoms with van der Waals surface area (Å²) >= 11 is 0. The van der Waals surface area contributed by atoms with Crippen molar-refractivity contribution in [2.45, 2.75) is 0 Å². The first-order chi connectivity index (χ1) is 6.66. The molecule has 1 aliphatic heterocycles. The van der Waals surface area contributed by atoms with E-state index in [1.807, 2.05) is 0 Å². The molecular weight excluding hydrogens is 211 g/mol. The van der Waals surface area contributed by atoms with Crippen LogP contribution in [0.1, 0.15) is 0 Å². The third-order valence-corrected chi connectivity index (χ3v) is 2.72. The van der Waals surface area contributed by atoms with Crippen molar-refractivity contribution >= 4 is 13.8 Å². The lowest BCUT2D eigenvalue weighted by Crippen LogP contribution is -2.15. The van der Waals surface area contributed by atoms with Gasteiger partial charge in [0.1, 0.15) is 0 Å². The summed E-state index contributed by atoms with van der Waals surface area (Å²) in [7, 11) is -3.76. The average Bonchev–Trinajstić information content (AvgIpc) is 2.12. The highest BCUT2D eigenvalue weighted by Crippen LogP contribution is 2.49. The highest BCUT2D eigenvalue weighted by Gasteiger charge is 2.31. The van der Waals surface area contributed by atoms with Gasteiger partial charge in [-0.1, -0.05) is 6.58 Å². The predicted octanol–water partition coefficient (Wildman–Crippen LogP) is 0.887. The van der Waals surface area contributed by atoms with Crippen molar-refractivity contribution in [3.63, 3.8) is 0 Å². The number of phosphoric acid groups is 1. The molecule has 1 heterocycles. The normalized spacial score (nSPS) is 21.7. The molecule has 0 N–H and O–H groups in total. The molecule has 0 atom stereocenters. The molecule has 0 aromatic heterocycles. The quantitative estimate of drug-likeness (QED) is 0.510. The van der Waals surface area contributed by atoms with Crippen molar-refractivity contribution in [1.82, 2.24) is 0 Å². The highest BCUT2D eigenvalue weighted by molar-refractivity contribution is 7.49. The molecule has 80 valence electrons. The Hall–Kier alpha value is -0.680. The Bertz CT molecular complexity index is 251. The van der Waals surface area contributed by atoms with Gasteiger partial charge in [-0.3, -0.25) is 9.05 Å². The fraction of sp³-hybridized carbons (Fsp3) is 0.571. The molecule has 14 heavy (non-hydrogen) atoms. The standard InChI is InChI=1S/C7H11O6P/c1-2-7(8)13-14(9)11-5-3-10-4-6-12-14/h2H,1,3-6H2. The molecule has 0 bridgehead atoms. The lowest BCUT2D eigenvalue weighted by atomic mass is 10.7. The van der Waals surface area contributed by atoms with Crippen molar-refractivity contribution in [3.05, 3.63) is 12.7 Å². The van der Waals surface area contributed by atoms with Crippen LogP contribution in [0, 0.1) is 0 Å². The maximum absolute atomic E-state index is 11.6. The third kappa shape index (κ3) is 3.59. The summed E-state index contributed by atoms with van der Waals surface area (Å²) in [6.07, 6.45) is 0.891. The van der Waals surface area contributed by atoms with Gasteiger partial charge in [-0.15, -0.1) is 0 Å². The van der Waals surface area contributed by atoms with E-state index in [1.165, 1.54) is 0 Å². The zero-order valence-electron chi connectivity index (χ0n) is 7.51. The minimum absolute atomic E-state index is 0.0572. The maximum Gasteiger partial charge on any atom is 0.532 e. The van der Waals surface area contributed by atoms with Gasteiger partial charge in [0.25, 0.3) is 0 Å². The molecule has 1 aliphatic rings. The van der Waals surface area contributed by atoms with Crippen LogP contribution in [-0.4, -0.2) is 32.4 Å². The molecular formula is C7H11O6P. The molecule has 0 aromatic rings. The number of carbonyl (C=O) groups excluding carboxylic acids is 1. The summed E-state index contributed by atoms with van der Waals surface area (Å²) in [5.41, 5.74) is 0. The number of ether oxygens (including phenoxy) is 1. The van der Waals surface area contributed by atoms with Gasteiger partial charge in [-0.25, -0.2) is 9.36 Å². The second kappa shape index (κ2) is 5.26. The molecule has 6 nitrogen and oxygen atoms in total. The topological polar surface area (TPSA) is 71.1 Å². The molecule has 7 heteroatoms. The Labute approximate surface area is 81.4 Å². The lowest BCUT2D eigenvalue weighted by Gasteiger charge is -2.19.